The first-order chi connectivity index (χ1) is 16.9. The summed E-state index contributed by atoms with van der Waals surface area (Å²) in [6.07, 6.45) is 3.42. The summed E-state index contributed by atoms with van der Waals surface area (Å²) >= 11 is 0. The van der Waals surface area contributed by atoms with Crippen LogP contribution in [0.25, 0.3) is 11.1 Å². The fourth-order valence-electron chi connectivity index (χ4n) is 6.14. The molecule has 7 heteroatoms. The fourth-order valence-corrected chi connectivity index (χ4v) is 6.14. The van der Waals surface area contributed by atoms with Gasteiger partial charge in [-0.2, -0.15) is 0 Å². The summed E-state index contributed by atoms with van der Waals surface area (Å²) in [5.41, 5.74) is 3.64. The van der Waals surface area contributed by atoms with Crippen molar-refractivity contribution in [3.8, 4) is 11.1 Å². The van der Waals surface area contributed by atoms with Crippen LogP contribution in [-0.2, 0) is 14.3 Å². The van der Waals surface area contributed by atoms with E-state index in [4.69, 9.17) is 4.74 Å². The Hall–Kier alpha value is -3.35. The van der Waals surface area contributed by atoms with Crippen molar-refractivity contribution in [1.82, 2.24) is 10.2 Å². The summed E-state index contributed by atoms with van der Waals surface area (Å²) in [6.45, 7) is 2.41. The van der Waals surface area contributed by atoms with Gasteiger partial charge in [-0.3, -0.25) is 4.79 Å². The Morgan fingerprint density at radius 2 is 1.71 bits per heavy atom. The first kappa shape index (κ1) is 23.4. The second kappa shape index (κ2) is 9.36. The van der Waals surface area contributed by atoms with Crippen LogP contribution < -0.4 is 5.32 Å². The van der Waals surface area contributed by atoms with Crippen molar-refractivity contribution in [2.24, 2.45) is 5.92 Å². The molecule has 35 heavy (non-hydrogen) atoms. The molecule has 2 fully saturated rings. The van der Waals surface area contributed by atoms with Gasteiger partial charge in [0.25, 0.3) is 0 Å². The monoisotopic (exact) mass is 476 g/mol. The van der Waals surface area contributed by atoms with E-state index in [0.29, 0.717) is 32.2 Å². The zero-order valence-corrected chi connectivity index (χ0v) is 20.0. The van der Waals surface area contributed by atoms with Gasteiger partial charge in [-0.05, 0) is 67.2 Å². The quantitative estimate of drug-likeness (QED) is 0.638. The number of rotatable bonds is 6. The van der Waals surface area contributed by atoms with E-state index in [9.17, 15) is 19.5 Å². The third-order valence-electron chi connectivity index (χ3n) is 8.07. The minimum atomic E-state index is -1.10. The lowest BCUT2D eigenvalue weighted by Crippen LogP contribution is -2.51. The molecule has 3 aliphatic rings. The SMILES string of the molecule is C[C@@]1(C(=O)O)CCCN1C(=O)C[C@@H]1CC[C@H](NC(=O)OCC2c3ccccc3-c3ccccc32)C1. The number of carboxylic acids is 1. The Bertz CT molecular complexity index is 1100. The number of alkyl carbamates (subject to hydrolysis) is 1. The van der Waals surface area contributed by atoms with E-state index >= 15 is 0 Å². The molecule has 0 spiro atoms. The Balaban J connectivity index is 1.13. The van der Waals surface area contributed by atoms with Crippen LogP contribution in [0.15, 0.2) is 48.5 Å². The molecule has 3 atom stereocenters. The van der Waals surface area contributed by atoms with Gasteiger partial charge in [0.15, 0.2) is 0 Å². The molecule has 0 aromatic heterocycles. The van der Waals surface area contributed by atoms with Crippen LogP contribution in [0.1, 0.15) is 62.5 Å². The van der Waals surface area contributed by atoms with Crippen molar-refractivity contribution >= 4 is 18.0 Å². The number of amides is 2. The summed E-state index contributed by atoms with van der Waals surface area (Å²) in [5, 5.41) is 12.6. The molecule has 1 saturated heterocycles. The first-order valence-electron chi connectivity index (χ1n) is 12.5. The maximum absolute atomic E-state index is 12.9. The predicted molar refractivity (Wildman–Crippen MR) is 131 cm³/mol. The lowest BCUT2D eigenvalue weighted by atomic mass is 9.97. The molecule has 7 nitrogen and oxygen atoms in total. The van der Waals surface area contributed by atoms with Crippen molar-refractivity contribution in [3.05, 3.63) is 59.7 Å². The lowest BCUT2D eigenvalue weighted by molar-refractivity contribution is -0.155. The number of nitrogens with zero attached hydrogens (tertiary/aromatic N) is 1. The highest BCUT2D eigenvalue weighted by Gasteiger charge is 2.46. The van der Waals surface area contributed by atoms with Crippen LogP contribution in [0.2, 0.25) is 0 Å². The molecule has 184 valence electrons. The van der Waals surface area contributed by atoms with Crippen molar-refractivity contribution in [2.75, 3.05) is 13.2 Å². The maximum atomic E-state index is 12.9. The molecule has 1 heterocycles. The minimum absolute atomic E-state index is 0.0195. The zero-order valence-electron chi connectivity index (χ0n) is 20.0. The molecule has 2 amide bonds. The normalized spacial score (nSPS) is 25.2. The second-order valence-electron chi connectivity index (χ2n) is 10.3. The highest BCUT2D eigenvalue weighted by molar-refractivity contribution is 5.87. The largest absolute Gasteiger partial charge is 0.480 e. The maximum Gasteiger partial charge on any atom is 0.407 e. The van der Waals surface area contributed by atoms with Gasteiger partial charge in [0, 0.05) is 24.9 Å². The molecular formula is C28H32N2O5. The van der Waals surface area contributed by atoms with Crippen LogP contribution in [0.5, 0.6) is 0 Å². The van der Waals surface area contributed by atoms with E-state index in [1.54, 1.807) is 6.92 Å². The average molecular weight is 477 g/mol. The van der Waals surface area contributed by atoms with Crippen LogP contribution >= 0.6 is 0 Å². The number of hydrogen-bond donors (Lipinski definition) is 2. The van der Waals surface area contributed by atoms with Crippen LogP contribution in [-0.4, -0.2) is 52.7 Å². The number of likely N-dealkylation sites (tertiary alicyclic amines) is 1. The summed E-state index contributed by atoms with van der Waals surface area (Å²) in [7, 11) is 0. The Kier molecular flexibility index (Phi) is 6.26. The number of aliphatic carboxylic acids is 1. The summed E-state index contributed by atoms with van der Waals surface area (Å²) < 4.78 is 5.66. The molecule has 1 aliphatic heterocycles. The Morgan fingerprint density at radius 3 is 2.37 bits per heavy atom. The van der Waals surface area contributed by atoms with E-state index in [-0.39, 0.29) is 30.4 Å². The van der Waals surface area contributed by atoms with Gasteiger partial charge in [-0.1, -0.05) is 48.5 Å². The van der Waals surface area contributed by atoms with Gasteiger partial charge in [0.05, 0.1) is 0 Å². The predicted octanol–water partition coefficient (Wildman–Crippen LogP) is 4.55. The van der Waals surface area contributed by atoms with E-state index in [2.05, 4.69) is 29.6 Å². The van der Waals surface area contributed by atoms with Crippen molar-refractivity contribution in [1.29, 1.82) is 0 Å². The number of carboxylic acid groups (broad SMARTS) is 1. The van der Waals surface area contributed by atoms with Gasteiger partial charge in [-0.25, -0.2) is 9.59 Å². The number of nitrogens with one attached hydrogen (secondary N) is 1. The zero-order chi connectivity index (χ0) is 24.6. The second-order valence-corrected chi connectivity index (χ2v) is 10.3. The van der Waals surface area contributed by atoms with Gasteiger partial charge in [0.1, 0.15) is 12.1 Å². The van der Waals surface area contributed by atoms with E-state index < -0.39 is 17.6 Å². The standard InChI is InChI=1S/C28H32N2O5/c1-28(26(32)33)13-6-14-30(28)25(31)16-18-11-12-19(15-18)29-27(34)35-17-24-22-9-4-2-7-20(22)21-8-3-5-10-23(21)24/h2-5,7-10,18-19,24H,6,11-17H2,1H3,(H,29,34)(H,32,33)/t18-,19+,28+/m1/s1. The fraction of sp³-hybridized carbons (Fsp3) is 0.464. The van der Waals surface area contributed by atoms with Crippen molar-refractivity contribution in [3.63, 3.8) is 0 Å². The molecule has 0 bridgehead atoms. The van der Waals surface area contributed by atoms with E-state index in [0.717, 1.165) is 12.8 Å². The molecule has 2 aromatic rings. The van der Waals surface area contributed by atoms with Gasteiger partial charge >= 0.3 is 12.1 Å². The lowest BCUT2D eigenvalue weighted by Gasteiger charge is -2.32. The molecule has 2 N–H and O–H groups in total. The molecule has 5 rings (SSSR count). The van der Waals surface area contributed by atoms with Gasteiger partial charge in [-0.15, -0.1) is 0 Å². The molecule has 0 unspecified atom stereocenters. The highest BCUT2D eigenvalue weighted by atomic mass is 16.5. The Labute approximate surface area is 205 Å². The third-order valence-corrected chi connectivity index (χ3v) is 8.07. The summed E-state index contributed by atoms with van der Waals surface area (Å²) in [5.74, 6) is -0.880. The number of hydrogen-bond acceptors (Lipinski definition) is 4. The topological polar surface area (TPSA) is 95.9 Å². The smallest absolute Gasteiger partial charge is 0.407 e. The van der Waals surface area contributed by atoms with Crippen LogP contribution in [0.3, 0.4) is 0 Å². The molecule has 1 saturated carbocycles. The molecular weight excluding hydrogens is 444 g/mol. The van der Waals surface area contributed by atoms with Crippen molar-refractivity contribution in [2.45, 2.75) is 62.9 Å². The first-order valence-corrected chi connectivity index (χ1v) is 12.5. The number of carbonyl (C=O) groups is 3. The summed E-state index contributed by atoms with van der Waals surface area (Å²) in [4.78, 5) is 38.7. The number of fused-ring (bicyclic) bond motifs is 3. The van der Waals surface area contributed by atoms with E-state index in [1.165, 1.54) is 27.2 Å². The number of benzene rings is 2. The van der Waals surface area contributed by atoms with Crippen LogP contribution in [0.4, 0.5) is 4.79 Å². The van der Waals surface area contributed by atoms with E-state index in [1.807, 2.05) is 24.3 Å². The summed E-state index contributed by atoms with van der Waals surface area (Å²) in [6, 6.07) is 16.4. The molecule has 0 radical (unpaired) electrons. The van der Waals surface area contributed by atoms with Crippen LogP contribution in [0, 0.1) is 5.92 Å². The van der Waals surface area contributed by atoms with Gasteiger partial charge < -0.3 is 20.1 Å². The minimum Gasteiger partial charge on any atom is -0.480 e. The number of ether oxygens (including phenoxy) is 1. The molecule has 2 aromatic carbocycles. The Morgan fingerprint density at radius 1 is 1.06 bits per heavy atom. The van der Waals surface area contributed by atoms with Crippen molar-refractivity contribution < 1.29 is 24.2 Å². The average Bonchev–Trinajstić information content (AvgIpc) is 3.54. The molecule has 2 aliphatic carbocycles. The highest BCUT2D eigenvalue weighted by Crippen LogP contribution is 2.44. The third kappa shape index (κ3) is 4.40. The van der Waals surface area contributed by atoms with Gasteiger partial charge in [0.2, 0.25) is 5.91 Å². The number of carbonyl (C=O) groups excluding carboxylic acids is 2.